The van der Waals surface area contributed by atoms with Crippen LogP contribution < -0.4 is 10.2 Å². The lowest BCUT2D eigenvalue weighted by Crippen LogP contribution is -2.13. The summed E-state index contributed by atoms with van der Waals surface area (Å²) in [6, 6.07) is 20.1. The predicted octanol–water partition coefficient (Wildman–Crippen LogP) is 5.97. The number of allylic oxidation sites excluding steroid dienone is 1. The third-order valence-corrected chi connectivity index (χ3v) is 5.40. The lowest BCUT2D eigenvalue weighted by atomic mass is 9.88. The van der Waals surface area contributed by atoms with Gasteiger partial charge in [0, 0.05) is 11.1 Å². The number of aliphatic imine (C=N–C) groups is 1. The number of fused-ring (bicyclic) bond motifs is 2. The Morgan fingerprint density at radius 1 is 0.966 bits per heavy atom. The topological polar surface area (TPSA) is 53.8 Å². The monoisotopic (exact) mass is 386 g/mol. The van der Waals surface area contributed by atoms with Gasteiger partial charge in [-0.1, -0.05) is 42.5 Å². The summed E-state index contributed by atoms with van der Waals surface area (Å²) in [7, 11) is 0. The maximum atomic E-state index is 14.3. The van der Waals surface area contributed by atoms with Crippen LogP contribution >= 0.6 is 0 Å². The van der Waals surface area contributed by atoms with Crippen molar-refractivity contribution in [1.82, 2.24) is 5.48 Å². The van der Waals surface area contributed by atoms with Gasteiger partial charge in [0.05, 0.1) is 11.4 Å². The molecule has 2 N–H and O–H groups in total. The molecule has 0 spiro atoms. The number of hydrogen-bond acceptors (Lipinski definition) is 4. The zero-order valence-electron chi connectivity index (χ0n) is 15.7. The standard InChI is InChI=1S/C24H19FN2O2/c25-19-8-4-9-20-24(19)29-21-10-2-1-7-18(21)23(26-20)17-13-11-16(12-14-17)22(27-28)15-5-3-6-15/h1-2,4,7-14,27-28H,3,5-6H2. The Bertz CT molecular complexity index is 1140. The number of nitrogens with zero attached hydrogens (tertiary/aromatic N) is 1. The summed E-state index contributed by atoms with van der Waals surface area (Å²) >= 11 is 0. The van der Waals surface area contributed by atoms with Crippen LogP contribution in [0.1, 0.15) is 36.0 Å². The fourth-order valence-electron chi connectivity index (χ4n) is 3.69. The molecule has 0 aromatic heterocycles. The van der Waals surface area contributed by atoms with Gasteiger partial charge in [0.25, 0.3) is 0 Å². The van der Waals surface area contributed by atoms with Crippen molar-refractivity contribution in [1.29, 1.82) is 0 Å². The van der Waals surface area contributed by atoms with Gasteiger partial charge in [-0.25, -0.2) is 9.38 Å². The van der Waals surface area contributed by atoms with Crippen LogP contribution in [0.5, 0.6) is 11.5 Å². The number of hydrogen-bond donors (Lipinski definition) is 2. The minimum atomic E-state index is -0.441. The third-order valence-electron chi connectivity index (χ3n) is 5.40. The third kappa shape index (κ3) is 3.09. The van der Waals surface area contributed by atoms with E-state index in [0.717, 1.165) is 41.6 Å². The van der Waals surface area contributed by atoms with Gasteiger partial charge in [0.15, 0.2) is 11.6 Å². The van der Waals surface area contributed by atoms with Crippen LogP contribution in [0.3, 0.4) is 0 Å². The van der Waals surface area contributed by atoms with Crippen molar-refractivity contribution >= 4 is 17.1 Å². The molecular formula is C24H19FN2O2. The van der Waals surface area contributed by atoms with E-state index in [4.69, 9.17) is 9.73 Å². The Hall–Kier alpha value is -3.44. The molecule has 5 heteroatoms. The van der Waals surface area contributed by atoms with Gasteiger partial charge >= 0.3 is 0 Å². The van der Waals surface area contributed by atoms with Crippen LogP contribution in [0.4, 0.5) is 10.1 Å². The van der Waals surface area contributed by atoms with E-state index in [1.165, 1.54) is 11.6 Å². The number of para-hydroxylation sites is 2. The molecule has 1 aliphatic heterocycles. The summed E-state index contributed by atoms with van der Waals surface area (Å²) < 4.78 is 20.2. The lowest BCUT2D eigenvalue weighted by Gasteiger charge is -2.21. The normalized spacial score (nSPS) is 14.6. The van der Waals surface area contributed by atoms with Crippen molar-refractivity contribution in [2.75, 3.05) is 0 Å². The largest absolute Gasteiger partial charge is 0.451 e. The molecule has 0 amide bonds. The van der Waals surface area contributed by atoms with Crippen LogP contribution in [0.15, 0.2) is 77.3 Å². The number of benzene rings is 3. The number of nitrogens with one attached hydrogen (secondary N) is 1. The fraction of sp³-hybridized carbons (Fsp3) is 0.125. The van der Waals surface area contributed by atoms with E-state index >= 15 is 0 Å². The van der Waals surface area contributed by atoms with Crippen molar-refractivity contribution in [2.24, 2.45) is 4.99 Å². The molecule has 0 bridgehead atoms. The second kappa shape index (κ2) is 7.18. The summed E-state index contributed by atoms with van der Waals surface area (Å²) in [5.74, 6) is 0.255. The number of halogens is 1. The Balaban J connectivity index is 1.62. The molecule has 1 aliphatic carbocycles. The first-order valence-electron chi connectivity index (χ1n) is 9.62. The molecule has 144 valence electrons. The molecular weight excluding hydrogens is 367 g/mol. The zero-order valence-corrected chi connectivity index (χ0v) is 15.7. The summed E-state index contributed by atoms with van der Waals surface area (Å²) in [5.41, 5.74) is 8.14. The first-order chi connectivity index (χ1) is 14.2. The molecule has 0 atom stereocenters. The molecule has 0 saturated heterocycles. The van der Waals surface area contributed by atoms with E-state index in [9.17, 15) is 9.60 Å². The Labute approximate surface area is 168 Å². The minimum Gasteiger partial charge on any atom is -0.451 e. The van der Waals surface area contributed by atoms with Gasteiger partial charge in [0.1, 0.15) is 11.4 Å². The van der Waals surface area contributed by atoms with Gasteiger partial charge in [-0.3, -0.25) is 10.7 Å². The fourth-order valence-corrected chi connectivity index (χ4v) is 3.69. The first-order valence-corrected chi connectivity index (χ1v) is 9.62. The predicted molar refractivity (Wildman–Crippen MR) is 110 cm³/mol. The number of rotatable bonds is 3. The van der Waals surface area contributed by atoms with Gasteiger partial charge in [-0.05, 0) is 54.7 Å². The molecule has 3 aromatic rings. The van der Waals surface area contributed by atoms with Crippen LogP contribution in [0, 0.1) is 5.82 Å². The Morgan fingerprint density at radius 2 is 1.76 bits per heavy atom. The molecule has 4 nitrogen and oxygen atoms in total. The Kier molecular flexibility index (Phi) is 4.37. The molecule has 1 fully saturated rings. The van der Waals surface area contributed by atoms with E-state index in [1.807, 2.05) is 48.5 Å². The molecule has 1 saturated carbocycles. The van der Waals surface area contributed by atoms with Gasteiger partial charge in [-0.2, -0.15) is 0 Å². The van der Waals surface area contributed by atoms with Crippen molar-refractivity contribution in [3.8, 4) is 11.5 Å². The van der Waals surface area contributed by atoms with Crippen LogP contribution in [-0.2, 0) is 0 Å². The summed E-state index contributed by atoms with van der Waals surface area (Å²) in [6.45, 7) is 0. The number of ether oxygens (including phenoxy) is 1. The maximum Gasteiger partial charge on any atom is 0.188 e. The second-order valence-electron chi connectivity index (χ2n) is 7.17. The van der Waals surface area contributed by atoms with Crippen molar-refractivity contribution in [2.45, 2.75) is 19.3 Å². The van der Waals surface area contributed by atoms with Crippen LogP contribution in [-0.4, -0.2) is 10.9 Å². The number of hydroxylamine groups is 1. The molecule has 1 heterocycles. The molecule has 0 unspecified atom stereocenters. The van der Waals surface area contributed by atoms with E-state index in [-0.39, 0.29) is 5.75 Å². The highest BCUT2D eigenvalue weighted by atomic mass is 19.1. The lowest BCUT2D eigenvalue weighted by molar-refractivity contribution is 0.222. The maximum absolute atomic E-state index is 14.3. The quantitative estimate of drug-likeness (QED) is 0.426. The summed E-state index contributed by atoms with van der Waals surface area (Å²) in [6.07, 6.45) is 3.16. The van der Waals surface area contributed by atoms with E-state index in [2.05, 4.69) is 5.48 Å². The highest BCUT2D eigenvalue weighted by molar-refractivity contribution is 6.16. The summed E-state index contributed by atoms with van der Waals surface area (Å²) in [4.78, 5) is 4.74. The van der Waals surface area contributed by atoms with Crippen LogP contribution in [0.25, 0.3) is 5.70 Å². The molecule has 5 rings (SSSR count). The molecule has 0 radical (unpaired) electrons. The van der Waals surface area contributed by atoms with Crippen molar-refractivity contribution < 1.29 is 14.3 Å². The van der Waals surface area contributed by atoms with E-state index in [1.54, 1.807) is 12.1 Å². The average molecular weight is 386 g/mol. The summed E-state index contributed by atoms with van der Waals surface area (Å²) in [5, 5.41) is 9.55. The van der Waals surface area contributed by atoms with Crippen molar-refractivity contribution in [3.05, 3.63) is 94.8 Å². The van der Waals surface area contributed by atoms with E-state index in [0.29, 0.717) is 17.1 Å². The second-order valence-corrected chi connectivity index (χ2v) is 7.17. The van der Waals surface area contributed by atoms with E-state index < -0.39 is 5.82 Å². The highest BCUT2D eigenvalue weighted by Gasteiger charge is 2.22. The minimum absolute atomic E-state index is 0.132. The van der Waals surface area contributed by atoms with Gasteiger partial charge in [-0.15, -0.1) is 0 Å². The van der Waals surface area contributed by atoms with Gasteiger partial charge < -0.3 is 4.74 Å². The highest BCUT2D eigenvalue weighted by Crippen LogP contribution is 2.40. The molecule has 3 aromatic carbocycles. The molecule has 2 aliphatic rings. The SMILES string of the molecule is ONC(=C1CCC1)c1ccc(C2=Nc3cccc(F)c3Oc3ccccc32)cc1. The zero-order chi connectivity index (χ0) is 19.8. The first kappa shape index (κ1) is 17.6. The van der Waals surface area contributed by atoms with Gasteiger partial charge in [0.2, 0.25) is 0 Å². The van der Waals surface area contributed by atoms with Crippen LogP contribution in [0.2, 0.25) is 0 Å². The smallest absolute Gasteiger partial charge is 0.188 e. The molecule has 29 heavy (non-hydrogen) atoms. The van der Waals surface area contributed by atoms with Crippen molar-refractivity contribution in [3.63, 3.8) is 0 Å². The Morgan fingerprint density at radius 3 is 2.48 bits per heavy atom. The average Bonchev–Trinajstić information content (AvgIpc) is 2.89.